The molecule has 0 saturated heterocycles. The minimum atomic E-state index is -0.671. The second kappa shape index (κ2) is 4.19. The summed E-state index contributed by atoms with van der Waals surface area (Å²) in [6.07, 6.45) is 6.23. The highest BCUT2D eigenvalue weighted by atomic mass is 16.6. The van der Waals surface area contributed by atoms with Crippen LogP contribution < -0.4 is 0 Å². The minimum Gasteiger partial charge on any atom is -0.390 e. The number of rotatable bonds is 4. The van der Waals surface area contributed by atoms with Gasteiger partial charge in [0.2, 0.25) is 0 Å². The van der Waals surface area contributed by atoms with Gasteiger partial charge in [-0.25, -0.2) is 0 Å². The lowest BCUT2D eigenvalue weighted by atomic mass is 9.52. The summed E-state index contributed by atoms with van der Waals surface area (Å²) < 4.78 is 6.06. The van der Waals surface area contributed by atoms with Crippen LogP contribution in [-0.4, -0.2) is 27.7 Å². The molecule has 3 nitrogen and oxygen atoms in total. The fourth-order valence-corrected chi connectivity index (χ4v) is 4.84. The number of hydrogen-bond acceptors (Lipinski definition) is 3. The Morgan fingerprint density at radius 3 is 2.33 bits per heavy atom. The van der Waals surface area contributed by atoms with Gasteiger partial charge in [0.05, 0.1) is 11.2 Å². The van der Waals surface area contributed by atoms with Crippen molar-refractivity contribution in [3.05, 3.63) is 0 Å². The zero-order chi connectivity index (χ0) is 13.0. The number of hydrogen-bond donors (Lipinski definition) is 2. The average molecular weight is 254 g/mol. The summed E-state index contributed by atoms with van der Waals surface area (Å²) >= 11 is 0. The molecule has 0 aromatic heterocycles. The summed E-state index contributed by atoms with van der Waals surface area (Å²) in [5.41, 5.74) is -0.735. The summed E-state index contributed by atoms with van der Waals surface area (Å²) in [7, 11) is 0. The molecule has 0 aromatic carbocycles. The highest BCUT2D eigenvalue weighted by Crippen LogP contribution is 2.59. The molecular formula is C15H26O3. The van der Waals surface area contributed by atoms with Crippen LogP contribution in [0.2, 0.25) is 0 Å². The molecule has 0 amide bonds. The van der Waals surface area contributed by atoms with Crippen LogP contribution in [0.15, 0.2) is 0 Å². The first-order chi connectivity index (χ1) is 8.44. The lowest BCUT2D eigenvalue weighted by Crippen LogP contribution is -2.61. The Bertz CT molecular complexity index is 314. The van der Waals surface area contributed by atoms with Crippen molar-refractivity contribution in [2.45, 2.75) is 76.3 Å². The second-order valence-corrected chi connectivity index (χ2v) is 7.26. The highest BCUT2D eigenvalue weighted by Gasteiger charge is 2.58. The van der Waals surface area contributed by atoms with Crippen molar-refractivity contribution in [1.29, 1.82) is 0 Å². The summed E-state index contributed by atoms with van der Waals surface area (Å²) in [6, 6.07) is 0. The molecule has 104 valence electrons. The van der Waals surface area contributed by atoms with Crippen molar-refractivity contribution in [2.75, 3.05) is 0 Å². The van der Waals surface area contributed by atoms with Gasteiger partial charge in [0, 0.05) is 12.3 Å². The van der Waals surface area contributed by atoms with E-state index in [4.69, 9.17) is 4.74 Å². The van der Waals surface area contributed by atoms with Crippen molar-refractivity contribution in [3.63, 3.8) is 0 Å². The van der Waals surface area contributed by atoms with Gasteiger partial charge in [-0.2, -0.15) is 0 Å². The first-order valence-corrected chi connectivity index (χ1v) is 7.52. The standard InChI is InChI=1S/C15H26O3/c1-3-10(2)13(16)18-15-7-11-4-12(8-15)6-14(17,5-11)9-15/h10-13,16-17H,3-9H2,1-2H3/t10?,11?,12?,13-,14?,15?/m1/s1. The molecule has 0 radical (unpaired) electrons. The molecule has 4 rings (SSSR count). The first kappa shape index (κ1) is 12.9. The lowest BCUT2D eigenvalue weighted by Gasteiger charge is -2.60. The molecule has 3 unspecified atom stereocenters. The summed E-state index contributed by atoms with van der Waals surface area (Å²) in [4.78, 5) is 0. The quantitative estimate of drug-likeness (QED) is 0.758. The van der Waals surface area contributed by atoms with Crippen molar-refractivity contribution < 1.29 is 14.9 Å². The Morgan fingerprint density at radius 1 is 1.22 bits per heavy atom. The van der Waals surface area contributed by atoms with Crippen LogP contribution in [0.5, 0.6) is 0 Å². The summed E-state index contributed by atoms with van der Waals surface area (Å²) in [5.74, 6) is 1.40. The molecule has 4 bridgehead atoms. The van der Waals surface area contributed by atoms with Crippen LogP contribution >= 0.6 is 0 Å². The molecule has 4 fully saturated rings. The topological polar surface area (TPSA) is 49.7 Å². The van der Waals surface area contributed by atoms with Crippen LogP contribution in [0.25, 0.3) is 0 Å². The van der Waals surface area contributed by atoms with E-state index in [0.29, 0.717) is 11.8 Å². The van der Waals surface area contributed by atoms with Gasteiger partial charge < -0.3 is 14.9 Å². The van der Waals surface area contributed by atoms with E-state index in [9.17, 15) is 10.2 Å². The highest BCUT2D eigenvalue weighted by molar-refractivity contribution is 5.10. The molecule has 0 spiro atoms. The van der Waals surface area contributed by atoms with E-state index >= 15 is 0 Å². The van der Waals surface area contributed by atoms with Gasteiger partial charge in [0.25, 0.3) is 0 Å². The molecule has 4 atom stereocenters. The van der Waals surface area contributed by atoms with E-state index in [1.807, 2.05) is 6.92 Å². The van der Waals surface area contributed by atoms with Crippen LogP contribution in [0.1, 0.15) is 58.8 Å². The molecule has 0 heterocycles. The van der Waals surface area contributed by atoms with Crippen LogP contribution in [0.4, 0.5) is 0 Å². The Kier molecular flexibility index (Phi) is 3.00. The second-order valence-electron chi connectivity index (χ2n) is 7.26. The third-order valence-corrected chi connectivity index (χ3v) is 5.48. The zero-order valence-corrected chi connectivity index (χ0v) is 11.6. The van der Waals surface area contributed by atoms with Crippen LogP contribution in [0, 0.1) is 17.8 Å². The zero-order valence-electron chi connectivity index (χ0n) is 11.6. The number of aliphatic hydroxyl groups excluding tert-OH is 1. The van der Waals surface area contributed by atoms with Gasteiger partial charge in [-0.3, -0.25) is 0 Å². The SMILES string of the molecule is CCC(C)[C@H](O)OC12CC3CC(CC(O)(C3)C1)C2. The predicted molar refractivity (Wildman–Crippen MR) is 68.9 cm³/mol. The Balaban J connectivity index is 1.75. The van der Waals surface area contributed by atoms with E-state index in [-0.39, 0.29) is 11.5 Å². The van der Waals surface area contributed by atoms with Gasteiger partial charge in [-0.1, -0.05) is 13.8 Å². The van der Waals surface area contributed by atoms with E-state index in [1.54, 1.807) is 0 Å². The molecule has 3 heteroatoms. The summed E-state index contributed by atoms with van der Waals surface area (Å²) in [5, 5.41) is 20.8. The summed E-state index contributed by atoms with van der Waals surface area (Å²) in [6.45, 7) is 4.10. The maximum atomic E-state index is 10.6. The largest absolute Gasteiger partial charge is 0.390 e. The van der Waals surface area contributed by atoms with E-state index in [2.05, 4.69) is 6.92 Å². The van der Waals surface area contributed by atoms with Crippen molar-refractivity contribution in [3.8, 4) is 0 Å². The maximum absolute atomic E-state index is 10.6. The molecule has 0 aliphatic heterocycles. The molecular weight excluding hydrogens is 228 g/mol. The average Bonchev–Trinajstić information content (AvgIpc) is 2.23. The van der Waals surface area contributed by atoms with Gasteiger partial charge in [-0.15, -0.1) is 0 Å². The van der Waals surface area contributed by atoms with Gasteiger partial charge >= 0.3 is 0 Å². The first-order valence-electron chi connectivity index (χ1n) is 7.52. The Labute approximate surface area is 110 Å². The molecule has 4 aliphatic rings. The van der Waals surface area contributed by atoms with Crippen LogP contribution in [0.3, 0.4) is 0 Å². The van der Waals surface area contributed by atoms with E-state index in [0.717, 1.165) is 38.5 Å². The fourth-order valence-electron chi connectivity index (χ4n) is 4.84. The molecule has 4 aliphatic carbocycles. The predicted octanol–water partition coefficient (Wildman–Crippen LogP) is 2.45. The van der Waals surface area contributed by atoms with Crippen molar-refractivity contribution >= 4 is 0 Å². The molecule has 4 saturated carbocycles. The number of aliphatic hydroxyl groups is 2. The monoisotopic (exact) mass is 254 g/mol. The molecule has 18 heavy (non-hydrogen) atoms. The van der Waals surface area contributed by atoms with Gasteiger partial charge in [0.15, 0.2) is 6.29 Å². The minimum absolute atomic E-state index is 0.174. The van der Waals surface area contributed by atoms with Crippen molar-refractivity contribution in [2.24, 2.45) is 17.8 Å². The Hall–Kier alpha value is -0.120. The van der Waals surface area contributed by atoms with Crippen molar-refractivity contribution in [1.82, 2.24) is 0 Å². The van der Waals surface area contributed by atoms with E-state index in [1.165, 1.54) is 6.42 Å². The Morgan fingerprint density at radius 2 is 1.83 bits per heavy atom. The van der Waals surface area contributed by atoms with Crippen LogP contribution in [-0.2, 0) is 4.74 Å². The number of ether oxygens (including phenoxy) is 1. The fraction of sp³-hybridized carbons (Fsp3) is 1.00. The smallest absolute Gasteiger partial charge is 0.157 e. The normalized spacial score (nSPS) is 49.3. The third-order valence-electron chi connectivity index (χ3n) is 5.48. The van der Waals surface area contributed by atoms with Gasteiger partial charge in [-0.05, 0) is 50.4 Å². The van der Waals surface area contributed by atoms with E-state index < -0.39 is 11.9 Å². The third kappa shape index (κ3) is 2.10. The lowest BCUT2D eigenvalue weighted by molar-refractivity contribution is -0.280. The molecule has 2 N–H and O–H groups in total. The maximum Gasteiger partial charge on any atom is 0.157 e. The van der Waals surface area contributed by atoms with Gasteiger partial charge in [0.1, 0.15) is 0 Å². The molecule has 0 aromatic rings.